The Morgan fingerprint density at radius 2 is 1.88 bits per heavy atom. The molecular weight excluding hydrogens is 358 g/mol. The number of nitrogens with one attached hydrogen (secondary N) is 1. The van der Waals surface area contributed by atoms with Crippen LogP contribution in [0.5, 0.6) is 0 Å². The molecule has 0 aromatic heterocycles. The van der Waals surface area contributed by atoms with Gasteiger partial charge in [-0.05, 0) is 24.6 Å². The van der Waals surface area contributed by atoms with E-state index in [-0.39, 0.29) is 28.5 Å². The fraction of sp³-hybridized carbons (Fsp3) is 0.235. The second-order valence-electron chi connectivity index (χ2n) is 5.85. The first kappa shape index (κ1) is 19.5. The maximum atomic E-state index is 12.4. The lowest BCUT2D eigenvalue weighted by Crippen LogP contribution is -2.22. The Bertz CT molecular complexity index is 955. The number of hydrogen-bond donors (Lipinski definition) is 1. The van der Waals surface area contributed by atoms with Crippen molar-refractivity contribution in [3.8, 4) is 0 Å². The highest BCUT2D eigenvalue weighted by atomic mass is 32.2. The van der Waals surface area contributed by atoms with Crippen LogP contribution in [0, 0.1) is 17.0 Å². The Balaban J connectivity index is 2.19. The normalized spacial score (nSPS) is 11.4. The summed E-state index contributed by atoms with van der Waals surface area (Å²) >= 11 is 0. The standard InChI is InChI=1S/C17H19N3O5S/c1-12-7-8-14(20(22)23)10-16(12)18-11-17(21)13-5-4-6-15(9-13)26(24,25)19(2)3/h4-10,18H,11H2,1-3H3. The summed E-state index contributed by atoms with van der Waals surface area (Å²) in [6, 6.07) is 10.1. The first-order valence-corrected chi connectivity index (χ1v) is 9.11. The minimum atomic E-state index is -3.64. The Morgan fingerprint density at radius 1 is 1.19 bits per heavy atom. The third kappa shape index (κ3) is 4.24. The summed E-state index contributed by atoms with van der Waals surface area (Å²) in [7, 11) is -0.810. The van der Waals surface area contributed by atoms with E-state index in [0.29, 0.717) is 5.69 Å². The van der Waals surface area contributed by atoms with Gasteiger partial charge in [0.25, 0.3) is 5.69 Å². The average molecular weight is 377 g/mol. The van der Waals surface area contributed by atoms with E-state index in [1.165, 1.54) is 50.5 Å². The van der Waals surface area contributed by atoms with E-state index in [0.717, 1.165) is 9.87 Å². The number of nitro benzene ring substituents is 1. The monoisotopic (exact) mass is 377 g/mol. The molecule has 0 aliphatic heterocycles. The molecule has 0 unspecified atom stereocenters. The molecule has 26 heavy (non-hydrogen) atoms. The molecule has 2 aromatic rings. The zero-order valence-electron chi connectivity index (χ0n) is 14.6. The number of carbonyl (C=O) groups excluding carboxylic acids is 1. The van der Waals surface area contributed by atoms with Crippen LogP contribution < -0.4 is 5.32 Å². The molecule has 0 amide bonds. The van der Waals surface area contributed by atoms with Crippen LogP contribution in [0.4, 0.5) is 11.4 Å². The van der Waals surface area contributed by atoms with Gasteiger partial charge in [0, 0.05) is 37.5 Å². The molecular formula is C17H19N3O5S. The third-order valence-corrected chi connectivity index (χ3v) is 5.62. The number of nitrogens with zero attached hydrogens (tertiary/aromatic N) is 2. The van der Waals surface area contributed by atoms with Crippen LogP contribution in [0.1, 0.15) is 15.9 Å². The van der Waals surface area contributed by atoms with Gasteiger partial charge < -0.3 is 5.32 Å². The lowest BCUT2D eigenvalue weighted by Gasteiger charge is -2.12. The average Bonchev–Trinajstić information content (AvgIpc) is 2.60. The van der Waals surface area contributed by atoms with Gasteiger partial charge in [-0.2, -0.15) is 0 Å². The fourth-order valence-corrected chi connectivity index (χ4v) is 3.18. The van der Waals surface area contributed by atoms with Gasteiger partial charge in [-0.3, -0.25) is 14.9 Å². The topological polar surface area (TPSA) is 110 Å². The number of nitro groups is 1. The molecule has 8 nitrogen and oxygen atoms in total. The highest BCUT2D eigenvalue weighted by Gasteiger charge is 2.19. The molecule has 0 saturated carbocycles. The molecule has 0 spiro atoms. The van der Waals surface area contributed by atoms with Crippen LogP contribution >= 0.6 is 0 Å². The van der Waals surface area contributed by atoms with Crippen molar-refractivity contribution in [1.82, 2.24) is 4.31 Å². The Labute approximate surface area is 151 Å². The second-order valence-corrected chi connectivity index (χ2v) is 8.00. The Hall–Kier alpha value is -2.78. The lowest BCUT2D eigenvalue weighted by molar-refractivity contribution is -0.384. The summed E-state index contributed by atoms with van der Waals surface area (Å²) in [5, 5.41) is 13.7. The molecule has 9 heteroatoms. The van der Waals surface area contributed by atoms with Crippen molar-refractivity contribution in [1.29, 1.82) is 0 Å². The number of ketones is 1. The number of carbonyl (C=O) groups is 1. The van der Waals surface area contributed by atoms with Crippen molar-refractivity contribution < 1.29 is 18.1 Å². The first-order valence-electron chi connectivity index (χ1n) is 7.67. The summed E-state index contributed by atoms with van der Waals surface area (Å²) in [6.45, 7) is 1.65. The lowest BCUT2D eigenvalue weighted by atomic mass is 10.1. The van der Waals surface area contributed by atoms with E-state index in [4.69, 9.17) is 0 Å². The summed E-state index contributed by atoms with van der Waals surface area (Å²) in [4.78, 5) is 22.8. The molecule has 0 aliphatic rings. The van der Waals surface area contributed by atoms with Crippen LogP contribution in [0.2, 0.25) is 0 Å². The zero-order valence-corrected chi connectivity index (χ0v) is 15.4. The summed E-state index contributed by atoms with van der Waals surface area (Å²) in [6.07, 6.45) is 0. The molecule has 2 aromatic carbocycles. The van der Waals surface area contributed by atoms with Crippen molar-refractivity contribution in [2.45, 2.75) is 11.8 Å². The number of anilines is 1. The predicted octanol–water partition coefficient (Wildman–Crippen LogP) is 2.45. The van der Waals surface area contributed by atoms with E-state index in [1.54, 1.807) is 13.0 Å². The molecule has 0 radical (unpaired) electrons. The highest BCUT2D eigenvalue weighted by molar-refractivity contribution is 7.89. The molecule has 138 valence electrons. The minimum absolute atomic E-state index is 0.0277. The molecule has 0 heterocycles. The van der Waals surface area contributed by atoms with Crippen molar-refractivity contribution in [3.63, 3.8) is 0 Å². The second kappa shape index (κ2) is 7.63. The van der Waals surface area contributed by atoms with E-state index < -0.39 is 14.9 Å². The molecule has 0 saturated heterocycles. The molecule has 1 N–H and O–H groups in total. The molecule has 0 aliphatic carbocycles. The molecule has 0 fully saturated rings. The van der Waals surface area contributed by atoms with Gasteiger partial charge in [-0.25, -0.2) is 12.7 Å². The van der Waals surface area contributed by atoms with E-state index >= 15 is 0 Å². The maximum Gasteiger partial charge on any atom is 0.271 e. The number of sulfonamides is 1. The summed E-state index contributed by atoms with van der Waals surface area (Å²) in [5.74, 6) is -0.327. The van der Waals surface area contributed by atoms with Crippen molar-refractivity contribution >= 4 is 27.2 Å². The van der Waals surface area contributed by atoms with Crippen molar-refractivity contribution in [2.75, 3.05) is 26.0 Å². The van der Waals surface area contributed by atoms with Crippen LogP contribution in [0.25, 0.3) is 0 Å². The first-order chi connectivity index (χ1) is 12.1. The van der Waals surface area contributed by atoms with E-state index in [9.17, 15) is 23.3 Å². The smallest absolute Gasteiger partial charge is 0.271 e. The van der Waals surface area contributed by atoms with Gasteiger partial charge >= 0.3 is 0 Å². The van der Waals surface area contributed by atoms with Gasteiger partial charge in [0.15, 0.2) is 5.78 Å². The van der Waals surface area contributed by atoms with Gasteiger partial charge in [0.1, 0.15) is 0 Å². The largest absolute Gasteiger partial charge is 0.377 e. The van der Waals surface area contributed by atoms with Crippen LogP contribution in [0.15, 0.2) is 47.4 Å². The zero-order chi connectivity index (χ0) is 19.5. The maximum absolute atomic E-state index is 12.4. The molecule has 0 atom stereocenters. The van der Waals surface area contributed by atoms with Crippen molar-refractivity contribution in [2.24, 2.45) is 0 Å². The number of hydrogen-bond acceptors (Lipinski definition) is 6. The van der Waals surface area contributed by atoms with E-state index in [2.05, 4.69) is 5.32 Å². The fourth-order valence-electron chi connectivity index (χ4n) is 2.23. The SMILES string of the molecule is Cc1ccc([N+](=O)[O-])cc1NCC(=O)c1cccc(S(=O)(=O)N(C)C)c1. The van der Waals surface area contributed by atoms with E-state index in [1.807, 2.05) is 0 Å². The quantitative estimate of drug-likeness (QED) is 0.451. The van der Waals surface area contributed by atoms with Gasteiger partial charge in [-0.1, -0.05) is 18.2 Å². The van der Waals surface area contributed by atoms with Gasteiger partial charge in [0.05, 0.1) is 16.4 Å². The van der Waals surface area contributed by atoms with Crippen LogP contribution in [0.3, 0.4) is 0 Å². The Morgan fingerprint density at radius 3 is 2.50 bits per heavy atom. The van der Waals surface area contributed by atoms with Gasteiger partial charge in [-0.15, -0.1) is 0 Å². The summed E-state index contributed by atoms with van der Waals surface area (Å²) in [5.41, 5.74) is 1.39. The van der Waals surface area contributed by atoms with Crippen molar-refractivity contribution in [3.05, 3.63) is 63.7 Å². The highest BCUT2D eigenvalue weighted by Crippen LogP contribution is 2.22. The molecule has 2 rings (SSSR count). The van der Waals surface area contributed by atoms with Crippen LogP contribution in [-0.2, 0) is 10.0 Å². The predicted molar refractivity (Wildman–Crippen MR) is 98.0 cm³/mol. The summed E-state index contributed by atoms with van der Waals surface area (Å²) < 4.78 is 25.4. The van der Waals surface area contributed by atoms with Gasteiger partial charge in [0.2, 0.25) is 10.0 Å². The number of benzene rings is 2. The van der Waals surface area contributed by atoms with Crippen LogP contribution in [-0.4, -0.2) is 44.1 Å². The third-order valence-electron chi connectivity index (χ3n) is 3.81. The number of non-ortho nitro benzene ring substituents is 1. The number of Topliss-reactive ketones (excluding diaryl/α,β-unsaturated/α-hetero) is 1. The number of rotatable bonds is 7. The minimum Gasteiger partial charge on any atom is -0.377 e. The Kier molecular flexibility index (Phi) is 5.73. The number of aryl methyl sites for hydroxylation is 1. The molecule has 0 bridgehead atoms.